The van der Waals surface area contributed by atoms with Crippen molar-refractivity contribution in [3.8, 4) is 0 Å². The zero-order valence-corrected chi connectivity index (χ0v) is 11.3. The van der Waals surface area contributed by atoms with Crippen molar-refractivity contribution >= 4 is 36.8 Å². The normalized spacial score (nSPS) is 18.6. The highest BCUT2D eigenvalue weighted by Crippen LogP contribution is 2.18. The van der Waals surface area contributed by atoms with Crippen LogP contribution in [-0.2, 0) is 19.2 Å². The van der Waals surface area contributed by atoms with Gasteiger partial charge in [0.25, 0.3) is 0 Å². The standard InChI is InChI=1S/C11H17N3O4S/c15-7-12-13-9(16)4-2-1-3-5-14-10(17)6-8(19)11(14)18/h7-8,19H,1-6H2,(H,12,15)(H,13,16). The highest BCUT2D eigenvalue weighted by Gasteiger charge is 2.35. The van der Waals surface area contributed by atoms with Crippen LogP contribution >= 0.6 is 12.6 Å². The summed E-state index contributed by atoms with van der Waals surface area (Å²) in [6.07, 6.45) is 2.86. The predicted octanol–water partition coefficient (Wildman–Crippen LogP) is -0.619. The van der Waals surface area contributed by atoms with E-state index in [1.807, 2.05) is 0 Å². The van der Waals surface area contributed by atoms with E-state index in [1.54, 1.807) is 0 Å². The minimum Gasteiger partial charge on any atom is -0.282 e. The van der Waals surface area contributed by atoms with Crippen LogP contribution in [0.15, 0.2) is 0 Å². The number of hydrazine groups is 1. The molecule has 0 aromatic heterocycles. The average Bonchev–Trinajstić information content (AvgIpc) is 2.62. The van der Waals surface area contributed by atoms with Crippen LogP contribution in [0.1, 0.15) is 32.1 Å². The van der Waals surface area contributed by atoms with Gasteiger partial charge in [-0.25, -0.2) is 0 Å². The van der Waals surface area contributed by atoms with E-state index >= 15 is 0 Å². The highest BCUT2D eigenvalue weighted by molar-refractivity contribution is 7.81. The number of imide groups is 1. The molecule has 7 nitrogen and oxygen atoms in total. The topological polar surface area (TPSA) is 95.6 Å². The Kier molecular flexibility index (Phi) is 6.34. The molecule has 4 amide bonds. The van der Waals surface area contributed by atoms with Gasteiger partial charge in [0.15, 0.2) is 0 Å². The van der Waals surface area contributed by atoms with Crippen LogP contribution in [0.3, 0.4) is 0 Å². The average molecular weight is 287 g/mol. The maximum absolute atomic E-state index is 11.5. The van der Waals surface area contributed by atoms with Gasteiger partial charge in [0.2, 0.25) is 24.1 Å². The number of carbonyl (C=O) groups excluding carboxylic acids is 4. The third-order valence-electron chi connectivity index (χ3n) is 2.78. The number of thiol groups is 1. The summed E-state index contributed by atoms with van der Waals surface area (Å²) in [4.78, 5) is 45.2. The number of likely N-dealkylation sites (tertiary alicyclic amines) is 1. The van der Waals surface area contributed by atoms with Crippen molar-refractivity contribution in [2.45, 2.75) is 37.4 Å². The van der Waals surface area contributed by atoms with Gasteiger partial charge in [-0.3, -0.25) is 34.9 Å². The smallest absolute Gasteiger partial charge is 0.242 e. The molecule has 2 N–H and O–H groups in total. The van der Waals surface area contributed by atoms with Crippen molar-refractivity contribution in [3.05, 3.63) is 0 Å². The molecule has 19 heavy (non-hydrogen) atoms. The Balaban J connectivity index is 2.11. The number of unbranched alkanes of at least 4 members (excludes halogenated alkanes) is 2. The monoisotopic (exact) mass is 287 g/mol. The van der Waals surface area contributed by atoms with E-state index in [0.29, 0.717) is 25.8 Å². The second-order valence-electron chi connectivity index (χ2n) is 4.22. The first-order valence-electron chi connectivity index (χ1n) is 6.06. The Hall–Kier alpha value is -1.57. The molecular formula is C11H17N3O4S. The summed E-state index contributed by atoms with van der Waals surface area (Å²) in [5.74, 6) is -0.685. The van der Waals surface area contributed by atoms with Crippen molar-refractivity contribution in [1.29, 1.82) is 0 Å². The van der Waals surface area contributed by atoms with Crippen molar-refractivity contribution < 1.29 is 19.2 Å². The molecule has 1 fully saturated rings. The van der Waals surface area contributed by atoms with E-state index in [0.717, 1.165) is 6.42 Å². The summed E-state index contributed by atoms with van der Waals surface area (Å²) in [6, 6.07) is 0. The van der Waals surface area contributed by atoms with Crippen molar-refractivity contribution in [3.63, 3.8) is 0 Å². The molecule has 0 bridgehead atoms. The summed E-state index contributed by atoms with van der Waals surface area (Å²) in [6.45, 7) is 0.378. The van der Waals surface area contributed by atoms with Crippen LogP contribution in [0.25, 0.3) is 0 Å². The lowest BCUT2D eigenvalue weighted by Gasteiger charge is -2.13. The van der Waals surface area contributed by atoms with Gasteiger partial charge in [-0.2, -0.15) is 12.6 Å². The summed E-state index contributed by atoms with van der Waals surface area (Å²) in [7, 11) is 0. The Bertz CT molecular complexity index is 375. The number of hydrogen-bond donors (Lipinski definition) is 3. The van der Waals surface area contributed by atoms with Crippen LogP contribution < -0.4 is 10.9 Å². The molecule has 1 unspecified atom stereocenters. The molecule has 0 saturated carbocycles. The molecule has 1 atom stereocenters. The van der Waals surface area contributed by atoms with Gasteiger partial charge in [-0.05, 0) is 12.8 Å². The predicted molar refractivity (Wildman–Crippen MR) is 69.9 cm³/mol. The zero-order valence-electron chi connectivity index (χ0n) is 10.4. The first-order valence-corrected chi connectivity index (χ1v) is 6.58. The first-order chi connectivity index (χ1) is 9.06. The van der Waals surface area contributed by atoms with Gasteiger partial charge in [-0.15, -0.1) is 0 Å². The second-order valence-corrected chi connectivity index (χ2v) is 4.85. The minimum atomic E-state index is -0.507. The highest BCUT2D eigenvalue weighted by atomic mass is 32.1. The maximum atomic E-state index is 11.5. The van der Waals surface area contributed by atoms with E-state index < -0.39 is 5.25 Å². The SMILES string of the molecule is O=CNNC(=O)CCCCCN1C(=O)CC(S)C1=O. The summed E-state index contributed by atoms with van der Waals surface area (Å²) >= 11 is 4.03. The fourth-order valence-electron chi connectivity index (χ4n) is 1.81. The van der Waals surface area contributed by atoms with Crippen LogP contribution in [0, 0.1) is 0 Å². The molecule has 0 radical (unpaired) electrons. The van der Waals surface area contributed by atoms with Gasteiger partial charge < -0.3 is 0 Å². The largest absolute Gasteiger partial charge is 0.282 e. The quantitative estimate of drug-likeness (QED) is 0.182. The fourth-order valence-corrected chi connectivity index (χ4v) is 2.10. The third-order valence-corrected chi connectivity index (χ3v) is 3.18. The van der Waals surface area contributed by atoms with Gasteiger partial charge in [0.05, 0.1) is 5.25 Å². The number of carbonyl (C=O) groups is 4. The van der Waals surface area contributed by atoms with E-state index in [-0.39, 0.29) is 30.6 Å². The minimum absolute atomic E-state index is 0.168. The van der Waals surface area contributed by atoms with Gasteiger partial charge in [0, 0.05) is 19.4 Å². The molecule has 0 spiro atoms. The third kappa shape index (κ3) is 4.90. The molecule has 0 aromatic carbocycles. The second kappa shape index (κ2) is 7.78. The molecule has 0 aromatic rings. The number of nitrogens with zero attached hydrogens (tertiary/aromatic N) is 1. The van der Waals surface area contributed by atoms with Crippen molar-refractivity contribution in [2.24, 2.45) is 0 Å². The van der Waals surface area contributed by atoms with Crippen LogP contribution in [0.2, 0.25) is 0 Å². The first kappa shape index (κ1) is 15.5. The molecule has 1 rings (SSSR count). The van der Waals surface area contributed by atoms with E-state index in [1.165, 1.54) is 4.90 Å². The van der Waals surface area contributed by atoms with Crippen LogP contribution in [0.5, 0.6) is 0 Å². The number of hydrogen-bond acceptors (Lipinski definition) is 5. The molecule has 1 heterocycles. The molecule has 0 aliphatic carbocycles. The molecule has 1 aliphatic heterocycles. The number of nitrogens with one attached hydrogen (secondary N) is 2. The van der Waals surface area contributed by atoms with E-state index in [9.17, 15) is 19.2 Å². The van der Waals surface area contributed by atoms with Gasteiger partial charge in [-0.1, -0.05) is 6.42 Å². The Labute approximate surface area is 116 Å². The van der Waals surface area contributed by atoms with Crippen molar-refractivity contribution in [2.75, 3.05) is 6.54 Å². The fraction of sp³-hybridized carbons (Fsp3) is 0.636. The van der Waals surface area contributed by atoms with Gasteiger partial charge >= 0.3 is 0 Å². The van der Waals surface area contributed by atoms with Crippen molar-refractivity contribution in [1.82, 2.24) is 15.8 Å². The zero-order chi connectivity index (χ0) is 14.3. The molecular weight excluding hydrogens is 270 g/mol. The lowest BCUT2D eigenvalue weighted by atomic mass is 10.2. The van der Waals surface area contributed by atoms with Crippen LogP contribution in [-0.4, -0.2) is 40.8 Å². The van der Waals surface area contributed by atoms with Crippen LogP contribution in [0.4, 0.5) is 0 Å². The summed E-state index contributed by atoms with van der Waals surface area (Å²) < 4.78 is 0. The Morgan fingerprint density at radius 1 is 1.37 bits per heavy atom. The molecule has 1 aliphatic rings. The Morgan fingerprint density at radius 3 is 2.68 bits per heavy atom. The van der Waals surface area contributed by atoms with E-state index in [2.05, 4.69) is 23.5 Å². The molecule has 106 valence electrons. The molecule has 8 heteroatoms. The van der Waals surface area contributed by atoms with Gasteiger partial charge in [0.1, 0.15) is 0 Å². The maximum Gasteiger partial charge on any atom is 0.242 e. The lowest BCUT2D eigenvalue weighted by molar-refractivity contribution is -0.138. The summed E-state index contributed by atoms with van der Waals surface area (Å²) in [5.41, 5.74) is 4.26. The Morgan fingerprint density at radius 2 is 2.11 bits per heavy atom. The lowest BCUT2D eigenvalue weighted by Crippen LogP contribution is -2.36. The number of rotatable bonds is 8. The molecule has 1 saturated heterocycles. The van der Waals surface area contributed by atoms with E-state index in [4.69, 9.17) is 0 Å². The summed E-state index contributed by atoms with van der Waals surface area (Å²) in [5, 5.41) is -0.507. The number of amides is 4.